The lowest BCUT2D eigenvalue weighted by Crippen LogP contribution is -2.28. The highest BCUT2D eigenvalue weighted by Gasteiger charge is 2.02. The van der Waals surface area contributed by atoms with Crippen molar-refractivity contribution in [3.05, 3.63) is 34.7 Å². The maximum Gasteiger partial charge on any atom is 0.170 e. The van der Waals surface area contributed by atoms with Crippen LogP contribution in [0.1, 0.15) is 18.4 Å². The minimum atomic E-state index is 0.666. The molecule has 5 heteroatoms. The van der Waals surface area contributed by atoms with Crippen molar-refractivity contribution in [3.63, 3.8) is 0 Å². The molecule has 2 aromatic rings. The van der Waals surface area contributed by atoms with Crippen LogP contribution in [0.3, 0.4) is 0 Å². The van der Waals surface area contributed by atoms with Crippen LogP contribution in [0.25, 0.3) is 11.3 Å². The molecule has 1 aromatic heterocycles. The third-order valence-electron chi connectivity index (χ3n) is 2.59. The van der Waals surface area contributed by atoms with Gasteiger partial charge in [-0.1, -0.05) is 19.1 Å². The van der Waals surface area contributed by atoms with Crippen molar-refractivity contribution in [1.29, 1.82) is 0 Å². The van der Waals surface area contributed by atoms with Gasteiger partial charge < -0.3 is 10.6 Å². The average Bonchev–Trinajstić information content (AvgIpc) is 2.84. The number of thiazole rings is 1. The van der Waals surface area contributed by atoms with Crippen molar-refractivity contribution in [2.24, 2.45) is 0 Å². The Morgan fingerprint density at radius 3 is 2.63 bits per heavy atom. The summed E-state index contributed by atoms with van der Waals surface area (Å²) in [6.07, 6.45) is 1.06. The molecule has 0 saturated heterocycles. The maximum atomic E-state index is 5.20. The van der Waals surface area contributed by atoms with E-state index in [2.05, 4.69) is 40.1 Å². The van der Waals surface area contributed by atoms with Crippen LogP contribution in [0.2, 0.25) is 0 Å². The van der Waals surface area contributed by atoms with Crippen molar-refractivity contribution in [2.45, 2.75) is 20.3 Å². The predicted molar refractivity (Wildman–Crippen MR) is 86.8 cm³/mol. The number of nitrogens with zero attached hydrogens (tertiary/aromatic N) is 1. The molecule has 0 saturated carbocycles. The Morgan fingerprint density at radius 1 is 1.32 bits per heavy atom. The molecule has 0 amide bonds. The molecule has 0 aliphatic carbocycles. The van der Waals surface area contributed by atoms with E-state index in [1.54, 1.807) is 11.3 Å². The summed E-state index contributed by atoms with van der Waals surface area (Å²) in [6, 6.07) is 8.15. The fourth-order valence-corrected chi connectivity index (χ4v) is 2.48. The number of rotatable bonds is 4. The van der Waals surface area contributed by atoms with Crippen molar-refractivity contribution in [2.75, 3.05) is 11.9 Å². The Balaban J connectivity index is 2.00. The molecule has 3 nitrogen and oxygen atoms in total. The van der Waals surface area contributed by atoms with Gasteiger partial charge in [0, 0.05) is 23.2 Å². The fourth-order valence-electron chi connectivity index (χ4n) is 1.63. The summed E-state index contributed by atoms with van der Waals surface area (Å²) in [7, 11) is 0. The zero-order chi connectivity index (χ0) is 13.7. The molecule has 2 N–H and O–H groups in total. The van der Waals surface area contributed by atoms with E-state index in [0.29, 0.717) is 5.11 Å². The largest absolute Gasteiger partial charge is 0.362 e. The molecule has 0 radical (unpaired) electrons. The second kappa shape index (κ2) is 6.63. The molecule has 0 unspecified atom stereocenters. The molecule has 100 valence electrons. The third kappa shape index (κ3) is 4.01. The minimum Gasteiger partial charge on any atom is -0.362 e. The van der Waals surface area contributed by atoms with Crippen LogP contribution in [0, 0.1) is 6.92 Å². The summed E-state index contributed by atoms with van der Waals surface area (Å²) in [6.45, 7) is 5.02. The summed E-state index contributed by atoms with van der Waals surface area (Å²) in [5.41, 5.74) is 3.15. The number of aryl methyl sites for hydroxylation is 1. The Morgan fingerprint density at radius 2 is 2.05 bits per heavy atom. The zero-order valence-corrected chi connectivity index (χ0v) is 12.7. The highest BCUT2D eigenvalue weighted by Crippen LogP contribution is 2.22. The van der Waals surface area contributed by atoms with Crippen LogP contribution < -0.4 is 10.6 Å². The lowest BCUT2D eigenvalue weighted by atomic mass is 10.1. The fraction of sp³-hybridized carbons (Fsp3) is 0.286. The summed E-state index contributed by atoms with van der Waals surface area (Å²) >= 11 is 6.86. The van der Waals surface area contributed by atoms with Gasteiger partial charge in [-0.2, -0.15) is 0 Å². The van der Waals surface area contributed by atoms with Crippen LogP contribution in [-0.2, 0) is 0 Å². The van der Waals surface area contributed by atoms with Gasteiger partial charge in [-0.05, 0) is 37.7 Å². The Kier molecular flexibility index (Phi) is 4.87. The van der Waals surface area contributed by atoms with Crippen molar-refractivity contribution in [1.82, 2.24) is 10.3 Å². The van der Waals surface area contributed by atoms with Gasteiger partial charge in [-0.3, -0.25) is 0 Å². The van der Waals surface area contributed by atoms with E-state index in [1.807, 2.05) is 19.1 Å². The van der Waals surface area contributed by atoms with E-state index in [-0.39, 0.29) is 0 Å². The Hall–Kier alpha value is -1.46. The topological polar surface area (TPSA) is 37.0 Å². The molecule has 2 rings (SSSR count). The van der Waals surface area contributed by atoms with E-state index in [0.717, 1.165) is 34.9 Å². The lowest BCUT2D eigenvalue weighted by Gasteiger charge is -2.09. The second-order valence-corrected chi connectivity index (χ2v) is 5.68. The first-order chi connectivity index (χ1) is 9.19. The number of hydrogen-bond donors (Lipinski definition) is 2. The standard InChI is InChI=1S/C14H17N3S2/c1-3-8-15-14(18)17-12-6-4-11(5-7-12)13-9-19-10(2)16-13/h4-7,9H,3,8H2,1-2H3,(H2,15,17,18). The lowest BCUT2D eigenvalue weighted by molar-refractivity contribution is 0.846. The van der Waals surface area contributed by atoms with Gasteiger partial charge in [0.2, 0.25) is 0 Å². The van der Waals surface area contributed by atoms with Crippen molar-refractivity contribution < 1.29 is 0 Å². The maximum absolute atomic E-state index is 5.20. The van der Waals surface area contributed by atoms with Gasteiger partial charge in [0.25, 0.3) is 0 Å². The quantitative estimate of drug-likeness (QED) is 0.840. The van der Waals surface area contributed by atoms with Gasteiger partial charge in [0.15, 0.2) is 5.11 Å². The molecule has 0 fully saturated rings. The number of benzene rings is 1. The van der Waals surface area contributed by atoms with Gasteiger partial charge >= 0.3 is 0 Å². The van der Waals surface area contributed by atoms with Gasteiger partial charge in [0.05, 0.1) is 10.7 Å². The van der Waals surface area contributed by atoms with Crippen LogP contribution in [0.5, 0.6) is 0 Å². The number of anilines is 1. The molecule has 0 aliphatic rings. The van der Waals surface area contributed by atoms with E-state index >= 15 is 0 Å². The van der Waals surface area contributed by atoms with E-state index in [1.165, 1.54) is 0 Å². The summed E-state index contributed by atoms with van der Waals surface area (Å²) in [4.78, 5) is 4.47. The third-order valence-corrected chi connectivity index (χ3v) is 3.61. The van der Waals surface area contributed by atoms with Crippen LogP contribution in [0.15, 0.2) is 29.6 Å². The molecule has 1 heterocycles. The highest BCUT2D eigenvalue weighted by atomic mass is 32.1. The Labute approximate surface area is 123 Å². The molecule has 0 atom stereocenters. The zero-order valence-electron chi connectivity index (χ0n) is 11.1. The first-order valence-electron chi connectivity index (χ1n) is 6.26. The second-order valence-electron chi connectivity index (χ2n) is 4.21. The average molecular weight is 291 g/mol. The van der Waals surface area contributed by atoms with Gasteiger partial charge in [0.1, 0.15) is 0 Å². The smallest absolute Gasteiger partial charge is 0.170 e. The number of nitrogens with one attached hydrogen (secondary N) is 2. The molecule has 1 aromatic carbocycles. The molecule has 0 aliphatic heterocycles. The highest BCUT2D eigenvalue weighted by molar-refractivity contribution is 7.80. The number of hydrogen-bond acceptors (Lipinski definition) is 3. The van der Waals surface area contributed by atoms with E-state index in [4.69, 9.17) is 12.2 Å². The summed E-state index contributed by atoms with van der Waals surface area (Å²) in [5, 5.41) is 10.1. The van der Waals surface area contributed by atoms with Crippen LogP contribution >= 0.6 is 23.6 Å². The molecule has 0 spiro atoms. The first kappa shape index (κ1) is 14.0. The number of thiocarbonyl (C=S) groups is 1. The monoisotopic (exact) mass is 291 g/mol. The van der Waals surface area contributed by atoms with Crippen molar-refractivity contribution in [3.8, 4) is 11.3 Å². The van der Waals surface area contributed by atoms with E-state index in [9.17, 15) is 0 Å². The minimum absolute atomic E-state index is 0.666. The van der Waals surface area contributed by atoms with Crippen molar-refractivity contribution >= 4 is 34.4 Å². The SMILES string of the molecule is CCCNC(=S)Nc1ccc(-c2csc(C)n2)cc1. The van der Waals surface area contributed by atoms with Gasteiger partial charge in [-0.15, -0.1) is 11.3 Å². The first-order valence-corrected chi connectivity index (χ1v) is 7.55. The molecule has 0 bridgehead atoms. The van der Waals surface area contributed by atoms with Crippen LogP contribution in [-0.4, -0.2) is 16.6 Å². The number of aromatic nitrogens is 1. The summed E-state index contributed by atoms with van der Waals surface area (Å²) < 4.78 is 0. The normalized spacial score (nSPS) is 10.2. The van der Waals surface area contributed by atoms with E-state index < -0.39 is 0 Å². The Bertz CT molecular complexity index is 546. The molecule has 19 heavy (non-hydrogen) atoms. The predicted octanol–water partition coefficient (Wildman–Crippen LogP) is 3.81. The molecular weight excluding hydrogens is 274 g/mol. The summed E-state index contributed by atoms with van der Waals surface area (Å²) in [5.74, 6) is 0. The molecular formula is C14H17N3S2. The van der Waals surface area contributed by atoms with Crippen LogP contribution in [0.4, 0.5) is 5.69 Å². The van der Waals surface area contributed by atoms with Gasteiger partial charge in [-0.25, -0.2) is 4.98 Å².